The third kappa shape index (κ3) is 5.54. The van der Waals surface area contributed by atoms with Crippen LogP contribution in [-0.4, -0.2) is 40.1 Å². The van der Waals surface area contributed by atoms with E-state index in [0.29, 0.717) is 29.6 Å². The van der Waals surface area contributed by atoms with Crippen molar-refractivity contribution in [3.63, 3.8) is 0 Å². The molecule has 0 aromatic carbocycles. The molecule has 2 rings (SSSR count). The Morgan fingerprint density at radius 2 is 2.07 bits per heavy atom. The fraction of sp³-hybridized carbons (Fsp3) is 0.474. The molecule has 0 aliphatic heterocycles. The molecule has 8 heteroatoms. The molecule has 0 bridgehead atoms. The number of aldehydes is 1. The van der Waals surface area contributed by atoms with Crippen molar-refractivity contribution in [2.75, 3.05) is 11.9 Å². The number of carbonyl (C=O) groups is 3. The summed E-state index contributed by atoms with van der Waals surface area (Å²) >= 11 is 0. The quantitative estimate of drug-likeness (QED) is 0.451. The molecule has 0 saturated heterocycles. The topological polar surface area (TPSA) is 99.5 Å². The minimum absolute atomic E-state index is 0.00741. The van der Waals surface area contributed by atoms with Crippen LogP contribution in [0.15, 0.2) is 18.5 Å². The van der Waals surface area contributed by atoms with Crippen molar-refractivity contribution in [1.82, 2.24) is 9.55 Å². The zero-order valence-corrected chi connectivity index (χ0v) is 16.1. The summed E-state index contributed by atoms with van der Waals surface area (Å²) in [6.07, 6.45) is 4.69. The number of nitrogens with one attached hydrogen (secondary N) is 1. The summed E-state index contributed by atoms with van der Waals surface area (Å²) in [4.78, 5) is 39.7. The molecular weight excluding hydrogens is 350 g/mol. The van der Waals surface area contributed by atoms with Gasteiger partial charge in [-0.3, -0.25) is 14.9 Å². The number of rotatable bonds is 7. The fourth-order valence-corrected chi connectivity index (χ4v) is 2.43. The molecule has 0 saturated carbocycles. The van der Waals surface area contributed by atoms with Gasteiger partial charge >= 0.3 is 12.1 Å². The largest absolute Gasteiger partial charge is 0.464 e. The predicted octanol–water partition coefficient (Wildman–Crippen LogP) is 3.54. The van der Waals surface area contributed by atoms with E-state index in [2.05, 4.69) is 10.3 Å². The smallest absolute Gasteiger partial charge is 0.412 e. The lowest BCUT2D eigenvalue weighted by Gasteiger charge is -2.20. The van der Waals surface area contributed by atoms with E-state index in [9.17, 15) is 14.4 Å². The van der Waals surface area contributed by atoms with Gasteiger partial charge in [-0.05, 0) is 33.3 Å². The number of esters is 1. The van der Waals surface area contributed by atoms with Gasteiger partial charge in [0.25, 0.3) is 0 Å². The van der Waals surface area contributed by atoms with Crippen LogP contribution >= 0.6 is 0 Å². The number of fused-ring (bicyclic) bond motifs is 1. The van der Waals surface area contributed by atoms with E-state index in [1.54, 1.807) is 37.6 Å². The van der Waals surface area contributed by atoms with Crippen LogP contribution in [0.4, 0.5) is 10.5 Å². The second-order valence-electron chi connectivity index (χ2n) is 7.09. The highest BCUT2D eigenvalue weighted by Gasteiger charge is 2.20. The Kier molecular flexibility index (Phi) is 6.55. The Morgan fingerprint density at radius 3 is 2.70 bits per heavy atom. The van der Waals surface area contributed by atoms with Gasteiger partial charge in [-0.25, -0.2) is 9.78 Å². The minimum Gasteiger partial charge on any atom is -0.464 e. The summed E-state index contributed by atoms with van der Waals surface area (Å²) in [5.74, 6) is -0.371. The van der Waals surface area contributed by atoms with Crippen molar-refractivity contribution < 1.29 is 23.9 Å². The molecule has 0 aliphatic rings. The molecule has 27 heavy (non-hydrogen) atoms. The van der Waals surface area contributed by atoms with E-state index in [4.69, 9.17) is 9.47 Å². The molecule has 0 spiro atoms. The van der Waals surface area contributed by atoms with Crippen LogP contribution in [0.2, 0.25) is 0 Å². The molecule has 1 N–H and O–H groups in total. The first-order valence-electron chi connectivity index (χ1n) is 8.83. The van der Waals surface area contributed by atoms with E-state index in [1.165, 1.54) is 6.20 Å². The first-order valence-corrected chi connectivity index (χ1v) is 8.83. The maximum Gasteiger partial charge on any atom is 0.412 e. The molecule has 0 radical (unpaired) electrons. The average Bonchev–Trinajstić information content (AvgIpc) is 2.97. The van der Waals surface area contributed by atoms with Gasteiger partial charge < -0.3 is 14.0 Å². The van der Waals surface area contributed by atoms with Crippen LogP contribution in [-0.2, 0) is 20.8 Å². The van der Waals surface area contributed by atoms with Gasteiger partial charge in [0.2, 0.25) is 0 Å². The van der Waals surface area contributed by atoms with Gasteiger partial charge in [-0.15, -0.1) is 0 Å². The summed E-state index contributed by atoms with van der Waals surface area (Å²) in [6, 6.07) is 1.68. The number of hydrogen-bond acceptors (Lipinski definition) is 6. The van der Waals surface area contributed by atoms with Crippen LogP contribution in [0, 0.1) is 0 Å². The van der Waals surface area contributed by atoms with Gasteiger partial charge in [-0.2, -0.15) is 0 Å². The third-order valence-corrected chi connectivity index (χ3v) is 3.63. The fourth-order valence-electron chi connectivity index (χ4n) is 2.43. The van der Waals surface area contributed by atoms with Crippen molar-refractivity contribution in [2.45, 2.75) is 52.7 Å². The van der Waals surface area contributed by atoms with Gasteiger partial charge in [0, 0.05) is 17.8 Å². The minimum atomic E-state index is -0.676. The molecule has 146 valence electrons. The highest BCUT2D eigenvalue weighted by molar-refractivity contribution is 6.05. The third-order valence-electron chi connectivity index (χ3n) is 3.63. The number of amides is 1. The van der Waals surface area contributed by atoms with Crippen LogP contribution in [0.5, 0.6) is 0 Å². The number of ether oxygens (including phenoxy) is 2. The van der Waals surface area contributed by atoms with E-state index in [0.717, 1.165) is 12.8 Å². The van der Waals surface area contributed by atoms with Gasteiger partial charge in [0.15, 0.2) is 6.29 Å². The van der Waals surface area contributed by atoms with E-state index >= 15 is 0 Å². The summed E-state index contributed by atoms with van der Waals surface area (Å²) < 4.78 is 12.0. The Hall–Kier alpha value is -2.90. The number of carbonyl (C=O) groups excluding carboxylic acids is 3. The predicted molar refractivity (Wildman–Crippen MR) is 101 cm³/mol. The summed E-state index contributed by atoms with van der Waals surface area (Å²) in [7, 11) is 0. The number of pyridine rings is 1. The molecule has 0 atom stereocenters. The number of aromatic nitrogens is 2. The molecular formula is C19H25N3O5. The van der Waals surface area contributed by atoms with Crippen molar-refractivity contribution in [3.05, 3.63) is 24.0 Å². The standard InChI is InChI=1S/C19H25N3O5/c1-5-6-9-26-15(24)11-22-8-7-14-16(13(12-23)10-20-17(14)22)21-18(25)27-19(2,3)4/h7-8,10,12H,5-6,9,11H2,1-4H3,(H,20,21,25). The number of unbranched alkanes of at least 4 members (excludes halogenated alkanes) is 1. The highest BCUT2D eigenvalue weighted by Crippen LogP contribution is 2.27. The number of anilines is 1. The number of nitrogens with zero attached hydrogens (tertiary/aromatic N) is 2. The Balaban J connectivity index is 2.26. The monoisotopic (exact) mass is 375 g/mol. The number of hydrogen-bond donors (Lipinski definition) is 1. The maximum absolute atomic E-state index is 12.1. The Morgan fingerprint density at radius 1 is 1.33 bits per heavy atom. The first kappa shape index (κ1) is 20.4. The molecule has 0 unspecified atom stereocenters. The molecule has 0 aliphatic carbocycles. The molecule has 2 aromatic rings. The van der Waals surface area contributed by atoms with Gasteiger partial charge in [0.05, 0.1) is 17.9 Å². The average molecular weight is 375 g/mol. The van der Waals surface area contributed by atoms with Crippen molar-refractivity contribution in [2.24, 2.45) is 0 Å². The second kappa shape index (κ2) is 8.66. The first-order chi connectivity index (χ1) is 12.7. The lowest BCUT2D eigenvalue weighted by molar-refractivity contribution is -0.144. The zero-order valence-electron chi connectivity index (χ0n) is 16.1. The summed E-state index contributed by atoms with van der Waals surface area (Å²) in [6.45, 7) is 7.62. The summed E-state index contributed by atoms with van der Waals surface area (Å²) in [5, 5.41) is 3.14. The zero-order chi connectivity index (χ0) is 20.0. The lowest BCUT2D eigenvalue weighted by atomic mass is 10.2. The van der Waals surface area contributed by atoms with Crippen LogP contribution < -0.4 is 5.32 Å². The van der Waals surface area contributed by atoms with E-state index < -0.39 is 11.7 Å². The van der Waals surface area contributed by atoms with Crippen molar-refractivity contribution >= 4 is 35.1 Å². The van der Waals surface area contributed by atoms with Crippen LogP contribution in [0.3, 0.4) is 0 Å². The summed E-state index contributed by atoms with van der Waals surface area (Å²) in [5.41, 5.74) is 0.296. The van der Waals surface area contributed by atoms with Crippen LogP contribution in [0.25, 0.3) is 11.0 Å². The van der Waals surface area contributed by atoms with E-state index in [-0.39, 0.29) is 18.1 Å². The Labute approximate surface area is 157 Å². The highest BCUT2D eigenvalue weighted by atomic mass is 16.6. The normalized spacial score (nSPS) is 11.3. The SMILES string of the molecule is CCCCOC(=O)Cn1ccc2c(NC(=O)OC(C)(C)C)c(C=O)cnc21. The maximum atomic E-state index is 12.1. The molecule has 2 aromatic heterocycles. The molecule has 0 fully saturated rings. The molecule has 2 heterocycles. The van der Waals surface area contributed by atoms with Crippen molar-refractivity contribution in [3.8, 4) is 0 Å². The van der Waals surface area contributed by atoms with Gasteiger partial charge in [-0.1, -0.05) is 13.3 Å². The molecule has 1 amide bonds. The van der Waals surface area contributed by atoms with Crippen molar-refractivity contribution in [1.29, 1.82) is 0 Å². The lowest BCUT2D eigenvalue weighted by Crippen LogP contribution is -2.27. The second-order valence-corrected chi connectivity index (χ2v) is 7.09. The van der Waals surface area contributed by atoms with E-state index in [1.807, 2.05) is 6.92 Å². The Bertz CT molecular complexity index is 836. The molecule has 8 nitrogen and oxygen atoms in total. The van der Waals surface area contributed by atoms with Crippen LogP contribution in [0.1, 0.15) is 50.9 Å². The van der Waals surface area contributed by atoms with Gasteiger partial charge in [0.1, 0.15) is 17.8 Å².